The highest BCUT2D eigenvalue weighted by Gasteiger charge is 2.37. The predicted molar refractivity (Wildman–Crippen MR) is 110 cm³/mol. The lowest BCUT2D eigenvalue weighted by atomic mass is 9.93. The molecular weight excluding hydrogens is 354 g/mol. The summed E-state index contributed by atoms with van der Waals surface area (Å²) < 4.78 is 6.00. The monoisotopic (exact) mass is 377 g/mol. The van der Waals surface area contributed by atoms with E-state index in [4.69, 9.17) is 4.74 Å². The second-order valence-corrected chi connectivity index (χ2v) is 7.86. The van der Waals surface area contributed by atoms with Crippen LogP contribution in [0.1, 0.15) is 13.8 Å². The molecule has 0 aromatic heterocycles. The number of hydrogen-bond donors (Lipinski definition) is 3. The van der Waals surface area contributed by atoms with Gasteiger partial charge in [-0.1, -0.05) is 30.3 Å². The molecule has 1 saturated heterocycles. The van der Waals surface area contributed by atoms with E-state index in [2.05, 4.69) is 52.3 Å². The molecule has 3 N–H and O–H groups in total. The Morgan fingerprint density at radius 2 is 2.04 bits per heavy atom. The van der Waals surface area contributed by atoms with Crippen molar-refractivity contribution in [3.63, 3.8) is 0 Å². The summed E-state index contributed by atoms with van der Waals surface area (Å²) in [5.74, 6) is 1.37. The fourth-order valence-corrected chi connectivity index (χ4v) is 3.95. The van der Waals surface area contributed by atoms with Gasteiger partial charge >= 0.3 is 0 Å². The first kappa shape index (κ1) is 17.1. The van der Waals surface area contributed by atoms with Gasteiger partial charge < -0.3 is 20.3 Å². The van der Waals surface area contributed by atoms with E-state index in [1.807, 2.05) is 30.0 Å². The number of hydrazone groups is 1. The maximum atomic E-state index is 12.2. The zero-order valence-corrected chi connectivity index (χ0v) is 16.0. The topological polar surface area (TPSA) is 78.0 Å². The zero-order chi connectivity index (χ0) is 19.3. The van der Waals surface area contributed by atoms with Crippen LogP contribution in [0.4, 0.5) is 11.4 Å². The lowest BCUT2D eigenvalue weighted by molar-refractivity contribution is -0.122. The normalized spacial score (nSPS) is 22.1. The smallest absolute Gasteiger partial charge is 0.262 e. The molecule has 1 amide bonds. The first-order chi connectivity index (χ1) is 13.5. The van der Waals surface area contributed by atoms with Gasteiger partial charge in [0.2, 0.25) is 0 Å². The Bertz CT molecular complexity index is 968. The second kappa shape index (κ2) is 6.24. The van der Waals surface area contributed by atoms with Crippen LogP contribution in [0, 0.1) is 0 Å². The Hall–Kier alpha value is -3.06. The third-order valence-electron chi connectivity index (χ3n) is 5.61. The van der Waals surface area contributed by atoms with E-state index in [1.165, 1.54) is 0 Å². The third-order valence-corrected chi connectivity index (χ3v) is 5.61. The van der Waals surface area contributed by atoms with E-state index in [0.717, 1.165) is 47.2 Å². The lowest BCUT2D eigenvalue weighted by Crippen LogP contribution is -2.62. The first-order valence-corrected chi connectivity index (χ1v) is 9.55. The summed E-state index contributed by atoms with van der Waals surface area (Å²) in [6, 6.07) is 14.1. The number of rotatable bonds is 3. The molecule has 0 bridgehead atoms. The van der Waals surface area contributed by atoms with Crippen molar-refractivity contribution in [1.82, 2.24) is 10.7 Å². The number of hydrogen-bond acceptors (Lipinski definition) is 6. The first-order valence-electron chi connectivity index (χ1n) is 9.55. The van der Waals surface area contributed by atoms with Crippen LogP contribution in [-0.4, -0.2) is 43.0 Å². The summed E-state index contributed by atoms with van der Waals surface area (Å²) in [4.78, 5) is 14.2. The van der Waals surface area contributed by atoms with Crippen LogP contribution in [0.5, 0.6) is 5.75 Å². The average Bonchev–Trinajstić information content (AvgIpc) is 2.69. The summed E-state index contributed by atoms with van der Waals surface area (Å²) in [6.45, 7) is 6.24. The van der Waals surface area contributed by atoms with Crippen LogP contribution in [0.25, 0.3) is 11.1 Å². The SMILES string of the molecule is CC1C(=O)NN=C2COc3cc(-c4ccccc4)c(NC4(C)CNC4)cc3N21. The van der Waals surface area contributed by atoms with Gasteiger partial charge in [0.15, 0.2) is 5.84 Å². The van der Waals surface area contributed by atoms with E-state index in [9.17, 15) is 4.79 Å². The number of ether oxygens (including phenoxy) is 1. The van der Waals surface area contributed by atoms with Crippen molar-refractivity contribution in [2.45, 2.75) is 25.4 Å². The van der Waals surface area contributed by atoms with Crippen LogP contribution in [0.2, 0.25) is 0 Å². The minimum Gasteiger partial charge on any atom is -0.483 e. The second-order valence-electron chi connectivity index (χ2n) is 7.86. The minimum absolute atomic E-state index is 0.00486. The van der Waals surface area contributed by atoms with Gasteiger partial charge in [-0.25, -0.2) is 5.43 Å². The number of nitrogens with one attached hydrogen (secondary N) is 3. The van der Waals surface area contributed by atoms with Crippen LogP contribution in [0.15, 0.2) is 47.6 Å². The molecule has 2 aromatic carbocycles. The number of anilines is 2. The van der Waals surface area contributed by atoms with Crippen molar-refractivity contribution in [2.75, 3.05) is 29.9 Å². The Balaban J connectivity index is 1.65. The van der Waals surface area contributed by atoms with Crippen LogP contribution < -0.4 is 25.7 Å². The minimum atomic E-state index is -0.341. The molecule has 1 fully saturated rings. The van der Waals surface area contributed by atoms with Crippen molar-refractivity contribution in [3.8, 4) is 16.9 Å². The van der Waals surface area contributed by atoms with Crippen molar-refractivity contribution >= 4 is 23.1 Å². The van der Waals surface area contributed by atoms with Gasteiger partial charge in [0.05, 0.1) is 11.2 Å². The predicted octanol–water partition coefficient (Wildman–Crippen LogP) is 2.16. The van der Waals surface area contributed by atoms with Crippen molar-refractivity contribution < 1.29 is 9.53 Å². The lowest BCUT2D eigenvalue weighted by Gasteiger charge is -2.42. The zero-order valence-electron chi connectivity index (χ0n) is 16.0. The molecule has 7 heteroatoms. The number of amidine groups is 1. The average molecular weight is 377 g/mol. The third kappa shape index (κ3) is 2.70. The molecule has 3 aliphatic rings. The summed E-state index contributed by atoms with van der Waals surface area (Å²) in [7, 11) is 0. The Labute approximate surface area is 163 Å². The van der Waals surface area contributed by atoms with Crippen LogP contribution in [0.3, 0.4) is 0 Å². The molecule has 28 heavy (non-hydrogen) atoms. The van der Waals surface area contributed by atoms with Crippen molar-refractivity contribution in [3.05, 3.63) is 42.5 Å². The summed E-state index contributed by atoms with van der Waals surface area (Å²) in [6.07, 6.45) is 0. The highest BCUT2D eigenvalue weighted by atomic mass is 16.5. The number of carbonyl (C=O) groups is 1. The molecule has 0 aliphatic carbocycles. The molecule has 5 rings (SSSR count). The Kier molecular flexibility index (Phi) is 3.80. The molecule has 7 nitrogen and oxygen atoms in total. The summed E-state index contributed by atoms with van der Waals surface area (Å²) in [5, 5.41) is 11.2. The Morgan fingerprint density at radius 1 is 1.25 bits per heavy atom. The number of amides is 1. The fourth-order valence-electron chi connectivity index (χ4n) is 3.95. The number of fused-ring (bicyclic) bond motifs is 3. The maximum Gasteiger partial charge on any atom is 0.262 e. The standard InChI is InChI=1S/C21H23N5O2/c1-13-20(27)25-24-19-10-28-18-8-15(14-6-4-3-5-7-14)16(9-17(18)26(13)19)23-21(2)11-22-12-21/h3-9,13,22-23H,10-12H2,1-2H3,(H,25,27). The van der Waals surface area contributed by atoms with E-state index in [0.29, 0.717) is 6.61 Å². The fraction of sp³-hybridized carbons (Fsp3) is 0.333. The largest absolute Gasteiger partial charge is 0.483 e. The summed E-state index contributed by atoms with van der Waals surface area (Å²) >= 11 is 0. The van der Waals surface area contributed by atoms with E-state index in [1.54, 1.807) is 0 Å². The molecule has 0 radical (unpaired) electrons. The maximum absolute atomic E-state index is 12.2. The van der Waals surface area contributed by atoms with Crippen LogP contribution in [-0.2, 0) is 4.79 Å². The van der Waals surface area contributed by atoms with Gasteiger partial charge in [0.25, 0.3) is 5.91 Å². The molecule has 0 spiro atoms. The summed E-state index contributed by atoms with van der Waals surface area (Å²) in [5.41, 5.74) is 6.67. The molecule has 1 unspecified atom stereocenters. The molecule has 0 saturated carbocycles. The van der Waals surface area contributed by atoms with Gasteiger partial charge in [-0.05, 0) is 31.5 Å². The number of nitrogens with zero attached hydrogens (tertiary/aromatic N) is 2. The van der Waals surface area contributed by atoms with Gasteiger partial charge in [-0.2, -0.15) is 5.10 Å². The number of benzene rings is 2. The van der Waals surface area contributed by atoms with E-state index in [-0.39, 0.29) is 17.5 Å². The van der Waals surface area contributed by atoms with Gasteiger partial charge in [-0.3, -0.25) is 4.79 Å². The molecule has 1 atom stereocenters. The van der Waals surface area contributed by atoms with Crippen LogP contribution >= 0.6 is 0 Å². The van der Waals surface area contributed by atoms with Gasteiger partial charge in [0, 0.05) is 24.3 Å². The molecular formula is C21H23N5O2. The van der Waals surface area contributed by atoms with Gasteiger partial charge in [-0.15, -0.1) is 0 Å². The van der Waals surface area contributed by atoms with E-state index >= 15 is 0 Å². The highest BCUT2D eigenvalue weighted by molar-refractivity contribution is 6.10. The molecule has 3 aliphatic heterocycles. The van der Waals surface area contributed by atoms with Crippen molar-refractivity contribution in [2.24, 2.45) is 5.10 Å². The van der Waals surface area contributed by atoms with E-state index < -0.39 is 0 Å². The number of carbonyl (C=O) groups excluding carboxylic acids is 1. The molecule has 144 valence electrons. The highest BCUT2D eigenvalue weighted by Crippen LogP contribution is 2.43. The molecule has 3 heterocycles. The Morgan fingerprint density at radius 3 is 2.75 bits per heavy atom. The quantitative estimate of drug-likeness (QED) is 0.764. The van der Waals surface area contributed by atoms with Crippen molar-refractivity contribution in [1.29, 1.82) is 0 Å². The molecule has 2 aromatic rings. The van der Waals surface area contributed by atoms with Gasteiger partial charge in [0.1, 0.15) is 18.4 Å².